The molecule has 0 saturated carbocycles. The van der Waals surface area contributed by atoms with Crippen LogP contribution in [0.2, 0.25) is 0 Å². The first-order chi connectivity index (χ1) is 6.70. The van der Waals surface area contributed by atoms with E-state index < -0.39 is 5.24 Å². The highest BCUT2D eigenvalue weighted by atomic mass is 35.5. The molecule has 0 aliphatic rings. The van der Waals surface area contributed by atoms with Crippen molar-refractivity contribution in [1.82, 2.24) is 4.98 Å². The van der Waals surface area contributed by atoms with E-state index in [0.717, 1.165) is 16.5 Å². The summed E-state index contributed by atoms with van der Waals surface area (Å²) >= 11 is 5.49. The van der Waals surface area contributed by atoms with Gasteiger partial charge in [0, 0.05) is 17.1 Å². The van der Waals surface area contributed by atoms with Crippen LogP contribution in [-0.2, 0) is 0 Å². The smallest absolute Gasteiger partial charge is 0.253 e. The highest BCUT2D eigenvalue weighted by molar-refractivity contribution is 6.68. The lowest BCUT2D eigenvalue weighted by atomic mass is 10.1. The molecule has 1 aromatic heterocycles. The van der Waals surface area contributed by atoms with Crippen LogP contribution in [0.15, 0.2) is 30.5 Å². The van der Waals surface area contributed by atoms with Gasteiger partial charge < -0.3 is 0 Å². The van der Waals surface area contributed by atoms with E-state index in [-0.39, 0.29) is 0 Å². The maximum atomic E-state index is 11.1. The van der Waals surface area contributed by atoms with Crippen LogP contribution in [0.5, 0.6) is 0 Å². The average Bonchev–Trinajstić information content (AvgIpc) is 2.17. The molecule has 1 aromatic carbocycles. The Morgan fingerprint density at radius 2 is 2.14 bits per heavy atom. The van der Waals surface area contributed by atoms with Crippen LogP contribution in [0, 0.1) is 6.92 Å². The predicted octanol–water partition coefficient (Wildman–Crippen LogP) is 2.92. The predicted molar refractivity (Wildman–Crippen MR) is 56.7 cm³/mol. The van der Waals surface area contributed by atoms with E-state index >= 15 is 0 Å². The quantitative estimate of drug-likeness (QED) is 0.670. The molecule has 0 bridgehead atoms. The van der Waals surface area contributed by atoms with Crippen molar-refractivity contribution in [3.63, 3.8) is 0 Å². The van der Waals surface area contributed by atoms with Crippen molar-refractivity contribution < 1.29 is 4.79 Å². The van der Waals surface area contributed by atoms with Crippen molar-refractivity contribution in [2.75, 3.05) is 0 Å². The summed E-state index contributed by atoms with van der Waals surface area (Å²) in [6.45, 7) is 1.94. The highest BCUT2D eigenvalue weighted by Crippen LogP contribution is 2.21. The fraction of sp³-hybridized carbons (Fsp3) is 0.0909. The first-order valence-electron chi connectivity index (χ1n) is 4.24. The van der Waals surface area contributed by atoms with E-state index in [1.807, 2.05) is 19.1 Å². The SMILES string of the molecule is Cc1ccnc2cccc(C(=O)Cl)c12. The molecule has 14 heavy (non-hydrogen) atoms. The van der Waals surface area contributed by atoms with E-state index in [1.54, 1.807) is 18.3 Å². The second kappa shape index (κ2) is 3.39. The molecular formula is C11H8ClNO. The molecule has 0 unspecified atom stereocenters. The lowest BCUT2D eigenvalue weighted by molar-refractivity contribution is 0.108. The number of hydrogen-bond donors (Lipinski definition) is 0. The number of pyridine rings is 1. The number of nitrogens with zero attached hydrogens (tertiary/aromatic N) is 1. The summed E-state index contributed by atoms with van der Waals surface area (Å²) in [7, 11) is 0. The molecule has 2 rings (SSSR count). The van der Waals surface area contributed by atoms with Gasteiger partial charge >= 0.3 is 0 Å². The third-order valence-corrected chi connectivity index (χ3v) is 2.39. The molecule has 2 nitrogen and oxygen atoms in total. The molecule has 0 N–H and O–H groups in total. The standard InChI is InChI=1S/C11H8ClNO/c1-7-5-6-13-9-4-2-3-8(10(7)9)11(12)14/h2-6H,1H3. The van der Waals surface area contributed by atoms with E-state index in [9.17, 15) is 4.79 Å². The Morgan fingerprint density at radius 1 is 1.36 bits per heavy atom. The summed E-state index contributed by atoms with van der Waals surface area (Å²) in [5, 5.41) is 0.404. The number of carbonyl (C=O) groups excluding carboxylic acids is 1. The van der Waals surface area contributed by atoms with Crippen molar-refractivity contribution in [3.05, 3.63) is 41.6 Å². The number of halogens is 1. The molecule has 0 saturated heterocycles. The summed E-state index contributed by atoms with van der Waals surface area (Å²) < 4.78 is 0. The Morgan fingerprint density at radius 3 is 2.86 bits per heavy atom. The zero-order chi connectivity index (χ0) is 10.1. The molecule has 0 atom stereocenters. The molecule has 3 heteroatoms. The van der Waals surface area contributed by atoms with Gasteiger partial charge in [0.15, 0.2) is 0 Å². The molecule has 0 aliphatic carbocycles. The molecule has 0 fully saturated rings. The van der Waals surface area contributed by atoms with Gasteiger partial charge in [-0.25, -0.2) is 0 Å². The number of benzene rings is 1. The number of aromatic nitrogens is 1. The number of rotatable bonds is 1. The normalized spacial score (nSPS) is 10.4. The third kappa shape index (κ3) is 1.38. The van der Waals surface area contributed by atoms with Gasteiger partial charge in [-0.05, 0) is 42.3 Å². The molecule has 0 spiro atoms. The van der Waals surface area contributed by atoms with Gasteiger partial charge in [0.25, 0.3) is 5.24 Å². The molecule has 0 radical (unpaired) electrons. The molecule has 1 heterocycles. The molecule has 0 aliphatic heterocycles. The fourth-order valence-corrected chi connectivity index (χ4v) is 1.70. The second-order valence-corrected chi connectivity index (χ2v) is 3.44. The van der Waals surface area contributed by atoms with Crippen LogP contribution in [0.3, 0.4) is 0 Å². The number of fused-ring (bicyclic) bond motifs is 1. The number of aryl methyl sites for hydroxylation is 1. The third-order valence-electron chi connectivity index (χ3n) is 2.19. The van der Waals surface area contributed by atoms with Crippen LogP contribution in [-0.4, -0.2) is 10.2 Å². The Kier molecular flexibility index (Phi) is 2.22. The van der Waals surface area contributed by atoms with E-state index in [2.05, 4.69) is 4.98 Å². The van der Waals surface area contributed by atoms with Crippen molar-refractivity contribution in [3.8, 4) is 0 Å². The average molecular weight is 206 g/mol. The molecule has 2 aromatic rings. The van der Waals surface area contributed by atoms with Crippen LogP contribution in [0.25, 0.3) is 10.9 Å². The van der Waals surface area contributed by atoms with Gasteiger partial charge in [-0.15, -0.1) is 0 Å². The first-order valence-corrected chi connectivity index (χ1v) is 4.62. The molecule has 0 amide bonds. The Hall–Kier alpha value is -1.41. The fourth-order valence-electron chi connectivity index (χ4n) is 1.54. The van der Waals surface area contributed by atoms with Crippen LogP contribution in [0.4, 0.5) is 0 Å². The van der Waals surface area contributed by atoms with Crippen molar-refractivity contribution >= 4 is 27.7 Å². The Balaban J connectivity index is 2.91. The molecular weight excluding hydrogens is 198 g/mol. The van der Waals surface area contributed by atoms with Gasteiger partial charge in [-0.3, -0.25) is 9.78 Å². The van der Waals surface area contributed by atoms with E-state index in [1.165, 1.54) is 0 Å². The van der Waals surface area contributed by atoms with Crippen LogP contribution < -0.4 is 0 Å². The summed E-state index contributed by atoms with van der Waals surface area (Å²) in [6.07, 6.45) is 1.72. The highest BCUT2D eigenvalue weighted by Gasteiger charge is 2.08. The van der Waals surface area contributed by atoms with Crippen molar-refractivity contribution in [2.24, 2.45) is 0 Å². The minimum atomic E-state index is -0.438. The Labute approximate surface area is 86.5 Å². The maximum absolute atomic E-state index is 11.1. The topological polar surface area (TPSA) is 30.0 Å². The lowest BCUT2D eigenvalue weighted by Crippen LogP contribution is -1.93. The van der Waals surface area contributed by atoms with Gasteiger partial charge in [0.05, 0.1) is 5.52 Å². The van der Waals surface area contributed by atoms with Crippen molar-refractivity contribution in [2.45, 2.75) is 6.92 Å². The second-order valence-electron chi connectivity index (χ2n) is 3.10. The first kappa shape index (κ1) is 9.16. The monoisotopic (exact) mass is 205 g/mol. The maximum Gasteiger partial charge on any atom is 0.253 e. The largest absolute Gasteiger partial charge is 0.276 e. The zero-order valence-electron chi connectivity index (χ0n) is 7.62. The minimum absolute atomic E-state index is 0.438. The van der Waals surface area contributed by atoms with Crippen LogP contribution in [0.1, 0.15) is 15.9 Å². The van der Waals surface area contributed by atoms with Gasteiger partial charge in [-0.2, -0.15) is 0 Å². The summed E-state index contributed by atoms with van der Waals surface area (Å²) in [6, 6.07) is 7.23. The van der Waals surface area contributed by atoms with E-state index in [0.29, 0.717) is 5.56 Å². The summed E-state index contributed by atoms with van der Waals surface area (Å²) in [4.78, 5) is 15.3. The minimum Gasteiger partial charge on any atom is -0.276 e. The van der Waals surface area contributed by atoms with Gasteiger partial charge in [0.2, 0.25) is 0 Å². The number of hydrogen-bond acceptors (Lipinski definition) is 2. The number of carbonyl (C=O) groups is 1. The summed E-state index contributed by atoms with van der Waals surface area (Å²) in [5.74, 6) is 0. The van der Waals surface area contributed by atoms with Crippen LogP contribution >= 0.6 is 11.6 Å². The molecule has 70 valence electrons. The van der Waals surface area contributed by atoms with Crippen molar-refractivity contribution in [1.29, 1.82) is 0 Å². The summed E-state index contributed by atoms with van der Waals surface area (Å²) in [5.41, 5.74) is 2.34. The Bertz CT molecular complexity index is 502. The van der Waals surface area contributed by atoms with E-state index in [4.69, 9.17) is 11.6 Å². The van der Waals surface area contributed by atoms with Gasteiger partial charge in [0.1, 0.15) is 0 Å². The lowest BCUT2D eigenvalue weighted by Gasteiger charge is -2.04. The zero-order valence-corrected chi connectivity index (χ0v) is 8.38. The van der Waals surface area contributed by atoms with Gasteiger partial charge in [-0.1, -0.05) is 6.07 Å².